The Morgan fingerprint density at radius 2 is 2.26 bits per heavy atom. The minimum atomic E-state index is -0.328. The standard InChI is InChI=1S/C15H29N3O/c1-13(2)11-18(8-9-19-4)14-6-5-7-15(10-14,12-16)17-3/h13-14,17H,5-11H2,1-4H3. The van der Waals surface area contributed by atoms with Crippen molar-refractivity contribution in [2.45, 2.75) is 51.1 Å². The highest BCUT2D eigenvalue weighted by Gasteiger charge is 2.37. The van der Waals surface area contributed by atoms with E-state index in [0.29, 0.717) is 12.0 Å². The van der Waals surface area contributed by atoms with Gasteiger partial charge in [-0.2, -0.15) is 5.26 Å². The predicted molar refractivity (Wildman–Crippen MR) is 77.9 cm³/mol. The molecule has 19 heavy (non-hydrogen) atoms. The van der Waals surface area contributed by atoms with E-state index in [2.05, 4.69) is 30.1 Å². The highest BCUT2D eigenvalue weighted by molar-refractivity contribution is 5.10. The van der Waals surface area contributed by atoms with Crippen molar-refractivity contribution >= 4 is 0 Å². The summed E-state index contributed by atoms with van der Waals surface area (Å²) in [6.07, 6.45) is 4.22. The van der Waals surface area contributed by atoms with E-state index in [9.17, 15) is 5.26 Å². The molecule has 1 fully saturated rings. The minimum Gasteiger partial charge on any atom is -0.383 e. The van der Waals surface area contributed by atoms with Gasteiger partial charge in [0, 0.05) is 26.2 Å². The molecule has 2 unspecified atom stereocenters. The lowest BCUT2D eigenvalue weighted by molar-refractivity contribution is 0.0766. The van der Waals surface area contributed by atoms with Crippen LogP contribution < -0.4 is 5.32 Å². The van der Waals surface area contributed by atoms with Crippen molar-refractivity contribution in [1.29, 1.82) is 5.26 Å². The number of nitrogens with zero attached hydrogens (tertiary/aromatic N) is 2. The van der Waals surface area contributed by atoms with E-state index in [1.165, 1.54) is 6.42 Å². The zero-order chi connectivity index (χ0) is 14.3. The van der Waals surface area contributed by atoms with Crippen LogP contribution in [-0.2, 0) is 4.74 Å². The summed E-state index contributed by atoms with van der Waals surface area (Å²) in [5.41, 5.74) is -0.328. The molecule has 0 heterocycles. The van der Waals surface area contributed by atoms with Crippen molar-refractivity contribution in [3.63, 3.8) is 0 Å². The molecule has 4 nitrogen and oxygen atoms in total. The maximum atomic E-state index is 9.44. The van der Waals surface area contributed by atoms with Gasteiger partial charge in [-0.1, -0.05) is 13.8 Å². The van der Waals surface area contributed by atoms with Crippen LogP contribution in [0.4, 0.5) is 0 Å². The van der Waals surface area contributed by atoms with Crippen LogP contribution in [0.25, 0.3) is 0 Å². The first-order chi connectivity index (χ1) is 9.06. The van der Waals surface area contributed by atoms with Gasteiger partial charge in [0.15, 0.2) is 0 Å². The Kier molecular flexibility index (Phi) is 6.78. The molecule has 1 aliphatic rings. The van der Waals surface area contributed by atoms with Crippen LogP contribution in [0.3, 0.4) is 0 Å². The largest absolute Gasteiger partial charge is 0.383 e. The van der Waals surface area contributed by atoms with Crippen molar-refractivity contribution in [2.75, 3.05) is 33.9 Å². The molecular weight excluding hydrogens is 238 g/mol. The lowest BCUT2D eigenvalue weighted by Crippen LogP contribution is -2.52. The van der Waals surface area contributed by atoms with Gasteiger partial charge in [0.2, 0.25) is 0 Å². The molecule has 0 saturated heterocycles. The Bertz CT molecular complexity index is 300. The first-order valence-corrected chi connectivity index (χ1v) is 7.40. The molecule has 0 amide bonds. The first kappa shape index (κ1) is 16.4. The SMILES string of the molecule is CNC1(C#N)CCCC(N(CCOC)CC(C)C)C1. The third kappa shape index (κ3) is 4.76. The third-order valence-corrected chi connectivity index (χ3v) is 4.12. The minimum absolute atomic E-state index is 0.328. The lowest BCUT2D eigenvalue weighted by Gasteiger charge is -2.41. The maximum Gasteiger partial charge on any atom is 0.108 e. The number of ether oxygens (including phenoxy) is 1. The van der Waals surface area contributed by atoms with E-state index in [4.69, 9.17) is 4.74 Å². The lowest BCUT2D eigenvalue weighted by atomic mass is 9.79. The van der Waals surface area contributed by atoms with Gasteiger partial charge in [-0.15, -0.1) is 0 Å². The summed E-state index contributed by atoms with van der Waals surface area (Å²) >= 11 is 0. The molecule has 1 aliphatic carbocycles. The van der Waals surface area contributed by atoms with Crippen LogP contribution in [0.2, 0.25) is 0 Å². The second kappa shape index (κ2) is 7.84. The molecule has 0 aromatic rings. The van der Waals surface area contributed by atoms with Gasteiger partial charge in [-0.05, 0) is 38.6 Å². The summed E-state index contributed by atoms with van der Waals surface area (Å²) in [6, 6.07) is 2.99. The third-order valence-electron chi connectivity index (χ3n) is 4.12. The van der Waals surface area contributed by atoms with E-state index in [1.54, 1.807) is 7.11 Å². The summed E-state index contributed by atoms with van der Waals surface area (Å²) in [4.78, 5) is 2.51. The summed E-state index contributed by atoms with van der Waals surface area (Å²) in [7, 11) is 3.66. The molecule has 0 spiro atoms. The normalized spacial score (nSPS) is 27.7. The van der Waals surface area contributed by atoms with Gasteiger partial charge in [-0.25, -0.2) is 0 Å². The van der Waals surface area contributed by atoms with Gasteiger partial charge in [0.05, 0.1) is 12.7 Å². The molecule has 110 valence electrons. The zero-order valence-electron chi connectivity index (χ0n) is 12.9. The van der Waals surface area contributed by atoms with Gasteiger partial charge in [0.1, 0.15) is 5.54 Å². The van der Waals surface area contributed by atoms with Gasteiger partial charge in [0.25, 0.3) is 0 Å². The Morgan fingerprint density at radius 3 is 2.79 bits per heavy atom. The summed E-state index contributed by atoms with van der Waals surface area (Å²) in [5, 5.41) is 12.7. The fourth-order valence-electron chi connectivity index (χ4n) is 3.04. The fourth-order valence-corrected chi connectivity index (χ4v) is 3.04. The van der Waals surface area contributed by atoms with Crippen LogP contribution in [0.5, 0.6) is 0 Å². The number of nitriles is 1. The molecular formula is C15H29N3O. The van der Waals surface area contributed by atoms with Crippen molar-refractivity contribution in [1.82, 2.24) is 10.2 Å². The maximum absolute atomic E-state index is 9.44. The Labute approximate surface area is 118 Å². The Hall–Kier alpha value is -0.630. The first-order valence-electron chi connectivity index (χ1n) is 7.40. The van der Waals surface area contributed by atoms with E-state index < -0.39 is 0 Å². The van der Waals surface area contributed by atoms with Gasteiger partial charge in [-0.3, -0.25) is 4.90 Å². The average molecular weight is 267 g/mol. The van der Waals surface area contributed by atoms with Crippen molar-refractivity contribution in [3.05, 3.63) is 0 Å². The summed E-state index contributed by atoms with van der Waals surface area (Å²) in [6.45, 7) is 7.31. The number of rotatable bonds is 7. The molecule has 1 rings (SSSR count). The number of hydrogen-bond donors (Lipinski definition) is 1. The molecule has 2 atom stereocenters. The highest BCUT2D eigenvalue weighted by atomic mass is 16.5. The number of nitrogens with one attached hydrogen (secondary N) is 1. The van der Waals surface area contributed by atoms with Gasteiger partial charge < -0.3 is 10.1 Å². The molecule has 1 saturated carbocycles. The van der Waals surface area contributed by atoms with Crippen molar-refractivity contribution < 1.29 is 4.74 Å². The highest BCUT2D eigenvalue weighted by Crippen LogP contribution is 2.31. The molecule has 0 bridgehead atoms. The summed E-state index contributed by atoms with van der Waals surface area (Å²) < 4.78 is 5.23. The zero-order valence-corrected chi connectivity index (χ0v) is 12.9. The quantitative estimate of drug-likeness (QED) is 0.766. The molecule has 0 aliphatic heterocycles. The van der Waals surface area contributed by atoms with Crippen LogP contribution in [0, 0.1) is 17.2 Å². The number of methoxy groups -OCH3 is 1. The van der Waals surface area contributed by atoms with Crippen LogP contribution >= 0.6 is 0 Å². The van der Waals surface area contributed by atoms with Crippen molar-refractivity contribution in [3.8, 4) is 6.07 Å². The molecule has 0 radical (unpaired) electrons. The van der Waals surface area contributed by atoms with E-state index in [-0.39, 0.29) is 5.54 Å². The predicted octanol–water partition coefficient (Wildman–Crippen LogP) is 2.02. The Morgan fingerprint density at radius 1 is 1.53 bits per heavy atom. The van der Waals surface area contributed by atoms with Crippen LogP contribution in [0.15, 0.2) is 0 Å². The van der Waals surface area contributed by atoms with E-state index in [1.807, 2.05) is 7.05 Å². The topological polar surface area (TPSA) is 48.3 Å². The summed E-state index contributed by atoms with van der Waals surface area (Å²) in [5.74, 6) is 0.643. The van der Waals surface area contributed by atoms with Gasteiger partial charge >= 0.3 is 0 Å². The second-order valence-electron chi connectivity index (χ2n) is 6.08. The smallest absolute Gasteiger partial charge is 0.108 e. The Balaban J connectivity index is 2.69. The molecule has 0 aromatic heterocycles. The van der Waals surface area contributed by atoms with Crippen LogP contribution in [-0.4, -0.2) is 50.3 Å². The fraction of sp³-hybridized carbons (Fsp3) is 0.933. The van der Waals surface area contributed by atoms with E-state index >= 15 is 0 Å². The molecule has 1 N–H and O–H groups in total. The number of hydrogen-bond acceptors (Lipinski definition) is 4. The molecule has 0 aromatic carbocycles. The van der Waals surface area contributed by atoms with E-state index in [0.717, 1.165) is 39.0 Å². The van der Waals surface area contributed by atoms with Crippen molar-refractivity contribution in [2.24, 2.45) is 5.92 Å². The second-order valence-corrected chi connectivity index (χ2v) is 6.08. The average Bonchev–Trinajstić information content (AvgIpc) is 2.43. The monoisotopic (exact) mass is 267 g/mol. The molecule has 4 heteroatoms. The van der Waals surface area contributed by atoms with Crippen LogP contribution in [0.1, 0.15) is 39.5 Å².